The fourth-order valence-corrected chi connectivity index (χ4v) is 3.24. The zero-order valence-corrected chi connectivity index (χ0v) is 14.7. The van der Waals surface area contributed by atoms with Crippen LogP contribution < -0.4 is 0 Å². The van der Waals surface area contributed by atoms with Crippen LogP contribution in [-0.2, 0) is 11.2 Å². The van der Waals surface area contributed by atoms with Crippen LogP contribution in [0.5, 0.6) is 0 Å². The van der Waals surface area contributed by atoms with Crippen molar-refractivity contribution in [3.05, 3.63) is 53.5 Å². The molecule has 0 N–H and O–H groups in total. The van der Waals surface area contributed by atoms with Gasteiger partial charge in [-0.05, 0) is 45.0 Å². The number of amides is 1. The molecule has 6 heteroatoms. The van der Waals surface area contributed by atoms with Crippen LogP contribution in [0.2, 0.25) is 0 Å². The summed E-state index contributed by atoms with van der Waals surface area (Å²) in [6.45, 7) is 1.10. The first kappa shape index (κ1) is 17.6. The zero-order chi connectivity index (χ0) is 17.8. The van der Waals surface area contributed by atoms with Crippen LogP contribution >= 0.6 is 0 Å². The van der Waals surface area contributed by atoms with E-state index in [0.717, 1.165) is 25.8 Å². The second-order valence-corrected chi connectivity index (χ2v) is 6.77. The second kappa shape index (κ2) is 7.78. The van der Waals surface area contributed by atoms with E-state index in [4.69, 9.17) is 4.42 Å². The van der Waals surface area contributed by atoms with Crippen molar-refractivity contribution in [1.29, 1.82) is 0 Å². The summed E-state index contributed by atoms with van der Waals surface area (Å²) in [7, 11) is 3.77. The predicted molar refractivity (Wildman–Crippen MR) is 92.6 cm³/mol. The first-order valence-electron chi connectivity index (χ1n) is 8.67. The Bertz CT molecular complexity index is 729. The molecule has 0 bridgehead atoms. The van der Waals surface area contributed by atoms with Gasteiger partial charge in [0.05, 0.1) is 12.7 Å². The molecule has 1 aromatic carbocycles. The summed E-state index contributed by atoms with van der Waals surface area (Å²) in [5.74, 6) is 1.01. The Kier molecular flexibility index (Phi) is 5.48. The van der Waals surface area contributed by atoms with Crippen LogP contribution in [0.25, 0.3) is 0 Å². The lowest BCUT2D eigenvalue weighted by molar-refractivity contribution is -0.136. The van der Waals surface area contributed by atoms with E-state index in [2.05, 4.69) is 4.98 Å². The first-order valence-corrected chi connectivity index (χ1v) is 8.67. The Hall–Kier alpha value is -2.21. The Morgan fingerprint density at radius 3 is 2.92 bits per heavy atom. The quantitative estimate of drug-likeness (QED) is 0.836. The molecule has 25 heavy (non-hydrogen) atoms. The minimum absolute atomic E-state index is 0.0866. The molecule has 1 aliphatic rings. The molecule has 0 radical (unpaired) electrons. The molecule has 1 aromatic heterocycles. The molecule has 0 unspecified atom stereocenters. The molecule has 1 fully saturated rings. The summed E-state index contributed by atoms with van der Waals surface area (Å²) >= 11 is 0. The molecular formula is C19H24FN3O2. The maximum Gasteiger partial charge on any atom is 0.237 e. The average molecular weight is 345 g/mol. The molecule has 2 heterocycles. The van der Waals surface area contributed by atoms with Gasteiger partial charge in [-0.3, -0.25) is 4.79 Å². The number of aromatic nitrogens is 1. The molecule has 1 amide bonds. The monoisotopic (exact) mass is 345 g/mol. The van der Waals surface area contributed by atoms with E-state index >= 15 is 0 Å². The molecule has 1 atom stereocenters. The third kappa shape index (κ3) is 4.25. The third-order valence-corrected chi connectivity index (χ3v) is 4.45. The van der Waals surface area contributed by atoms with Gasteiger partial charge in [-0.15, -0.1) is 0 Å². The number of piperidine rings is 1. The summed E-state index contributed by atoms with van der Waals surface area (Å²) < 4.78 is 19.7. The van der Waals surface area contributed by atoms with Crippen LogP contribution in [0.1, 0.15) is 42.5 Å². The number of carbonyl (C=O) groups excluding carboxylic acids is 1. The van der Waals surface area contributed by atoms with Crippen molar-refractivity contribution in [2.45, 2.75) is 31.7 Å². The third-order valence-electron chi connectivity index (χ3n) is 4.45. The van der Waals surface area contributed by atoms with Gasteiger partial charge in [-0.25, -0.2) is 9.37 Å². The highest BCUT2D eigenvalue weighted by atomic mass is 19.1. The predicted octanol–water partition coefficient (Wildman–Crippen LogP) is 3.02. The Morgan fingerprint density at radius 2 is 2.16 bits per heavy atom. The van der Waals surface area contributed by atoms with Gasteiger partial charge in [-0.2, -0.15) is 0 Å². The minimum Gasteiger partial charge on any atom is -0.443 e. The molecule has 134 valence electrons. The van der Waals surface area contributed by atoms with Gasteiger partial charge in [0, 0.05) is 13.0 Å². The first-order chi connectivity index (χ1) is 12.0. The minimum atomic E-state index is -0.249. The van der Waals surface area contributed by atoms with Gasteiger partial charge in [-0.1, -0.05) is 18.2 Å². The van der Waals surface area contributed by atoms with Crippen LogP contribution in [0.15, 0.2) is 34.9 Å². The van der Waals surface area contributed by atoms with Crippen LogP contribution in [0.3, 0.4) is 0 Å². The Balaban J connectivity index is 1.75. The number of rotatable bonds is 5. The van der Waals surface area contributed by atoms with Crippen molar-refractivity contribution >= 4 is 5.91 Å². The number of hydrogen-bond acceptors (Lipinski definition) is 4. The Labute approximate surface area is 147 Å². The molecule has 0 spiro atoms. The maximum absolute atomic E-state index is 13.8. The maximum atomic E-state index is 13.8. The molecule has 0 aliphatic carbocycles. The van der Waals surface area contributed by atoms with Gasteiger partial charge in [0.1, 0.15) is 17.6 Å². The van der Waals surface area contributed by atoms with E-state index in [-0.39, 0.29) is 17.8 Å². The van der Waals surface area contributed by atoms with E-state index in [1.165, 1.54) is 6.07 Å². The van der Waals surface area contributed by atoms with Crippen molar-refractivity contribution in [2.75, 3.05) is 27.2 Å². The molecule has 1 saturated heterocycles. The number of nitrogens with zero attached hydrogens (tertiary/aromatic N) is 3. The summed E-state index contributed by atoms with van der Waals surface area (Å²) in [4.78, 5) is 20.6. The van der Waals surface area contributed by atoms with E-state index in [1.54, 1.807) is 24.4 Å². The van der Waals surface area contributed by atoms with Gasteiger partial charge in [0.15, 0.2) is 0 Å². The van der Waals surface area contributed by atoms with Crippen molar-refractivity contribution in [3.8, 4) is 0 Å². The normalized spacial score (nSPS) is 17.9. The fraction of sp³-hybridized carbons (Fsp3) is 0.474. The van der Waals surface area contributed by atoms with Gasteiger partial charge >= 0.3 is 0 Å². The summed E-state index contributed by atoms with van der Waals surface area (Å²) in [5.41, 5.74) is 0.578. The average Bonchev–Trinajstić information content (AvgIpc) is 3.05. The summed E-state index contributed by atoms with van der Waals surface area (Å²) in [6, 6.07) is 6.52. The second-order valence-electron chi connectivity index (χ2n) is 6.77. The number of halogens is 1. The lowest BCUT2D eigenvalue weighted by atomic mass is 10.0. The lowest BCUT2D eigenvalue weighted by Gasteiger charge is -2.34. The van der Waals surface area contributed by atoms with Crippen LogP contribution in [0, 0.1) is 5.82 Å². The fourth-order valence-electron chi connectivity index (χ4n) is 3.24. The summed E-state index contributed by atoms with van der Waals surface area (Å²) in [5, 5.41) is 0. The van der Waals surface area contributed by atoms with Crippen LogP contribution in [-0.4, -0.2) is 47.9 Å². The molecule has 2 aromatic rings. The number of likely N-dealkylation sites (tertiary alicyclic amines) is 1. The lowest BCUT2D eigenvalue weighted by Crippen LogP contribution is -2.42. The zero-order valence-electron chi connectivity index (χ0n) is 14.7. The highest BCUT2D eigenvalue weighted by Gasteiger charge is 2.31. The van der Waals surface area contributed by atoms with Crippen molar-refractivity contribution < 1.29 is 13.6 Å². The smallest absolute Gasteiger partial charge is 0.237 e. The van der Waals surface area contributed by atoms with E-state index in [1.807, 2.05) is 23.9 Å². The standard InChI is InChI=1S/C19H24FN3O2/c1-22(2)13-18(24)23-10-6-5-9-17(23)19-21-12-15(25-19)11-14-7-3-4-8-16(14)20/h3-4,7-8,12,17H,5-6,9-11,13H2,1-2H3/t17-/m1/s1. The highest BCUT2D eigenvalue weighted by Crippen LogP contribution is 2.31. The van der Waals surface area contributed by atoms with Crippen molar-refractivity contribution in [2.24, 2.45) is 0 Å². The van der Waals surface area contributed by atoms with Gasteiger partial charge < -0.3 is 14.2 Å². The van der Waals surface area contributed by atoms with Crippen LogP contribution in [0.4, 0.5) is 4.39 Å². The molecule has 3 rings (SSSR count). The number of hydrogen-bond donors (Lipinski definition) is 0. The number of carbonyl (C=O) groups is 1. The Morgan fingerprint density at radius 1 is 1.36 bits per heavy atom. The largest absolute Gasteiger partial charge is 0.443 e. The van der Waals surface area contributed by atoms with E-state index < -0.39 is 0 Å². The number of benzene rings is 1. The van der Waals surface area contributed by atoms with E-state index in [0.29, 0.717) is 30.2 Å². The van der Waals surface area contributed by atoms with E-state index in [9.17, 15) is 9.18 Å². The molecule has 1 aliphatic heterocycles. The molecule has 5 nitrogen and oxygen atoms in total. The number of likely N-dealkylation sites (N-methyl/N-ethyl adjacent to an activating group) is 1. The number of oxazole rings is 1. The SMILES string of the molecule is CN(C)CC(=O)N1CCCC[C@@H]1c1ncc(Cc2ccccc2F)o1. The van der Waals surface area contributed by atoms with Gasteiger partial charge in [0.25, 0.3) is 0 Å². The van der Waals surface area contributed by atoms with Gasteiger partial charge in [0.2, 0.25) is 11.8 Å². The molecule has 0 saturated carbocycles. The molecular weight excluding hydrogens is 321 g/mol. The topological polar surface area (TPSA) is 49.6 Å². The van der Waals surface area contributed by atoms with Crippen molar-refractivity contribution in [1.82, 2.24) is 14.8 Å². The summed E-state index contributed by atoms with van der Waals surface area (Å²) in [6.07, 6.45) is 4.89. The van der Waals surface area contributed by atoms with Crippen molar-refractivity contribution in [3.63, 3.8) is 0 Å². The highest BCUT2D eigenvalue weighted by molar-refractivity contribution is 5.78.